The second kappa shape index (κ2) is 6.40. The standard InChI is InChI=1S/C9H13BrN2S/c1-11-3-2-4-13-9-5-8(10)6-12-7-9/h5-7,11H,2-4H2,1H3. The molecule has 0 aliphatic heterocycles. The predicted molar refractivity (Wildman–Crippen MR) is 61.2 cm³/mol. The van der Waals surface area contributed by atoms with Gasteiger partial charge in [-0.25, -0.2) is 0 Å². The summed E-state index contributed by atoms with van der Waals surface area (Å²) < 4.78 is 1.05. The van der Waals surface area contributed by atoms with Crippen molar-refractivity contribution in [3.05, 3.63) is 22.9 Å². The van der Waals surface area contributed by atoms with Gasteiger partial charge in [0, 0.05) is 21.8 Å². The average Bonchev–Trinajstić information content (AvgIpc) is 2.13. The van der Waals surface area contributed by atoms with Gasteiger partial charge in [0.25, 0.3) is 0 Å². The Morgan fingerprint density at radius 1 is 1.54 bits per heavy atom. The average molecular weight is 261 g/mol. The maximum absolute atomic E-state index is 4.10. The van der Waals surface area contributed by atoms with Crippen molar-refractivity contribution >= 4 is 27.7 Å². The number of aromatic nitrogens is 1. The van der Waals surface area contributed by atoms with Crippen LogP contribution >= 0.6 is 27.7 Å². The second-order valence-electron chi connectivity index (χ2n) is 2.64. The Hall–Kier alpha value is -0.0600. The number of nitrogens with one attached hydrogen (secondary N) is 1. The summed E-state index contributed by atoms with van der Waals surface area (Å²) in [5, 5.41) is 3.13. The zero-order valence-corrected chi connectivity index (χ0v) is 9.99. The Morgan fingerprint density at radius 3 is 3.08 bits per heavy atom. The van der Waals surface area contributed by atoms with E-state index in [9.17, 15) is 0 Å². The molecule has 0 radical (unpaired) electrons. The smallest absolute Gasteiger partial charge is 0.0411 e. The normalized spacial score (nSPS) is 10.3. The van der Waals surface area contributed by atoms with Crippen molar-refractivity contribution in [1.82, 2.24) is 10.3 Å². The third kappa shape index (κ3) is 4.64. The third-order valence-electron chi connectivity index (χ3n) is 1.52. The SMILES string of the molecule is CNCCCSc1cncc(Br)c1. The molecule has 0 bridgehead atoms. The third-order valence-corrected chi connectivity index (χ3v) is 3.00. The molecular formula is C9H13BrN2S. The molecule has 0 amide bonds. The molecule has 0 atom stereocenters. The highest BCUT2D eigenvalue weighted by Gasteiger charge is 1.94. The van der Waals surface area contributed by atoms with Crippen LogP contribution in [0.25, 0.3) is 0 Å². The van der Waals surface area contributed by atoms with E-state index in [-0.39, 0.29) is 0 Å². The number of rotatable bonds is 5. The molecule has 0 aromatic carbocycles. The van der Waals surface area contributed by atoms with E-state index in [1.807, 2.05) is 25.0 Å². The molecule has 0 spiro atoms. The van der Waals surface area contributed by atoms with Gasteiger partial charge in [-0.1, -0.05) is 0 Å². The predicted octanol–water partition coefficient (Wildman–Crippen LogP) is 2.55. The molecule has 0 aliphatic rings. The van der Waals surface area contributed by atoms with Crippen molar-refractivity contribution in [3.8, 4) is 0 Å². The first-order chi connectivity index (χ1) is 6.33. The Morgan fingerprint density at radius 2 is 2.38 bits per heavy atom. The van der Waals surface area contributed by atoms with Crippen LogP contribution < -0.4 is 5.32 Å². The van der Waals surface area contributed by atoms with E-state index in [1.54, 1.807) is 6.20 Å². The van der Waals surface area contributed by atoms with E-state index in [0.717, 1.165) is 16.8 Å². The molecule has 1 rings (SSSR count). The van der Waals surface area contributed by atoms with Gasteiger partial charge in [-0.2, -0.15) is 0 Å². The van der Waals surface area contributed by atoms with Crippen LogP contribution in [0.1, 0.15) is 6.42 Å². The summed E-state index contributed by atoms with van der Waals surface area (Å²) in [6.07, 6.45) is 4.89. The molecule has 72 valence electrons. The van der Waals surface area contributed by atoms with Gasteiger partial charge in [0.15, 0.2) is 0 Å². The van der Waals surface area contributed by atoms with Gasteiger partial charge in [-0.05, 0) is 47.8 Å². The Bertz CT molecular complexity index is 255. The van der Waals surface area contributed by atoms with Crippen LogP contribution in [0.4, 0.5) is 0 Å². The monoisotopic (exact) mass is 260 g/mol. The molecule has 0 aliphatic carbocycles. The first-order valence-corrected chi connectivity index (χ1v) is 5.99. The van der Waals surface area contributed by atoms with Crippen molar-refractivity contribution < 1.29 is 0 Å². The summed E-state index contributed by atoms with van der Waals surface area (Å²) in [6, 6.07) is 2.09. The van der Waals surface area contributed by atoms with Crippen LogP contribution in [0, 0.1) is 0 Å². The molecule has 1 aromatic rings. The van der Waals surface area contributed by atoms with E-state index >= 15 is 0 Å². The molecule has 13 heavy (non-hydrogen) atoms. The quantitative estimate of drug-likeness (QED) is 0.651. The van der Waals surface area contributed by atoms with Gasteiger partial charge in [-0.3, -0.25) is 4.98 Å². The van der Waals surface area contributed by atoms with E-state index < -0.39 is 0 Å². The molecule has 4 heteroatoms. The minimum Gasteiger partial charge on any atom is -0.320 e. The van der Waals surface area contributed by atoms with Crippen molar-refractivity contribution in [2.24, 2.45) is 0 Å². The highest BCUT2D eigenvalue weighted by molar-refractivity contribution is 9.10. The lowest BCUT2D eigenvalue weighted by molar-refractivity contribution is 0.778. The fourth-order valence-corrected chi connectivity index (χ4v) is 2.30. The first kappa shape index (κ1) is 11.0. The number of hydrogen-bond acceptors (Lipinski definition) is 3. The van der Waals surface area contributed by atoms with Gasteiger partial charge < -0.3 is 5.32 Å². The van der Waals surface area contributed by atoms with Crippen LogP contribution in [0.15, 0.2) is 27.8 Å². The molecule has 0 saturated heterocycles. The van der Waals surface area contributed by atoms with E-state index in [2.05, 4.69) is 32.3 Å². The summed E-state index contributed by atoms with van der Waals surface area (Å²) in [7, 11) is 1.98. The zero-order valence-electron chi connectivity index (χ0n) is 7.59. The Kier molecular flexibility index (Phi) is 5.43. The van der Waals surface area contributed by atoms with E-state index in [4.69, 9.17) is 0 Å². The van der Waals surface area contributed by atoms with Crippen molar-refractivity contribution in [2.75, 3.05) is 19.3 Å². The van der Waals surface area contributed by atoms with E-state index in [0.29, 0.717) is 0 Å². The number of thioether (sulfide) groups is 1. The summed E-state index contributed by atoms with van der Waals surface area (Å²) in [5.74, 6) is 1.14. The number of pyridine rings is 1. The van der Waals surface area contributed by atoms with Crippen molar-refractivity contribution in [1.29, 1.82) is 0 Å². The van der Waals surface area contributed by atoms with Crippen LogP contribution in [0.2, 0.25) is 0 Å². The fraction of sp³-hybridized carbons (Fsp3) is 0.444. The number of nitrogens with zero attached hydrogens (tertiary/aromatic N) is 1. The summed E-state index contributed by atoms with van der Waals surface area (Å²) in [6.45, 7) is 1.08. The maximum atomic E-state index is 4.10. The number of hydrogen-bond donors (Lipinski definition) is 1. The van der Waals surface area contributed by atoms with Crippen LogP contribution in [-0.2, 0) is 0 Å². The molecule has 0 fully saturated rings. The molecule has 1 N–H and O–H groups in total. The van der Waals surface area contributed by atoms with Crippen LogP contribution in [-0.4, -0.2) is 24.3 Å². The number of halogens is 1. The lowest BCUT2D eigenvalue weighted by atomic mass is 10.5. The summed E-state index contributed by atoms with van der Waals surface area (Å²) >= 11 is 5.24. The molecular weight excluding hydrogens is 248 g/mol. The lowest BCUT2D eigenvalue weighted by Crippen LogP contribution is -2.07. The minimum absolute atomic E-state index is 1.05. The molecule has 2 nitrogen and oxygen atoms in total. The van der Waals surface area contributed by atoms with E-state index in [1.165, 1.54) is 11.3 Å². The van der Waals surface area contributed by atoms with Gasteiger partial charge in [0.05, 0.1) is 0 Å². The topological polar surface area (TPSA) is 24.9 Å². The maximum Gasteiger partial charge on any atom is 0.0411 e. The summed E-state index contributed by atoms with van der Waals surface area (Å²) in [5.41, 5.74) is 0. The van der Waals surface area contributed by atoms with Gasteiger partial charge >= 0.3 is 0 Å². The highest BCUT2D eigenvalue weighted by atomic mass is 79.9. The molecule has 1 aromatic heterocycles. The van der Waals surface area contributed by atoms with Crippen LogP contribution in [0.3, 0.4) is 0 Å². The van der Waals surface area contributed by atoms with Gasteiger partial charge in [-0.15, -0.1) is 11.8 Å². The first-order valence-electron chi connectivity index (χ1n) is 4.21. The Balaban J connectivity index is 2.28. The van der Waals surface area contributed by atoms with Crippen LogP contribution in [0.5, 0.6) is 0 Å². The van der Waals surface area contributed by atoms with Crippen molar-refractivity contribution in [2.45, 2.75) is 11.3 Å². The summed E-state index contributed by atoms with van der Waals surface area (Å²) in [4.78, 5) is 5.33. The molecule has 1 heterocycles. The highest BCUT2D eigenvalue weighted by Crippen LogP contribution is 2.20. The van der Waals surface area contributed by atoms with Gasteiger partial charge in [0.2, 0.25) is 0 Å². The minimum atomic E-state index is 1.05. The Labute approximate surface area is 91.7 Å². The molecule has 0 unspecified atom stereocenters. The fourth-order valence-electron chi connectivity index (χ4n) is 0.910. The lowest BCUT2D eigenvalue weighted by Gasteiger charge is -2.00. The molecule has 0 saturated carbocycles. The largest absolute Gasteiger partial charge is 0.320 e. The van der Waals surface area contributed by atoms with Gasteiger partial charge in [0.1, 0.15) is 0 Å². The van der Waals surface area contributed by atoms with Crippen molar-refractivity contribution in [3.63, 3.8) is 0 Å². The second-order valence-corrected chi connectivity index (χ2v) is 4.73. The zero-order chi connectivity index (χ0) is 9.52.